The van der Waals surface area contributed by atoms with Gasteiger partial charge in [-0.2, -0.15) is 0 Å². The van der Waals surface area contributed by atoms with E-state index in [0.717, 1.165) is 6.20 Å². The lowest BCUT2D eigenvalue weighted by molar-refractivity contribution is -0.404. The quantitative estimate of drug-likeness (QED) is 0.390. The van der Waals surface area contributed by atoms with Gasteiger partial charge in [-0.15, -0.1) is 0 Å². The van der Waals surface area contributed by atoms with Crippen LogP contribution in [0.25, 0.3) is 0 Å². The fourth-order valence-corrected chi connectivity index (χ4v) is 0.270. The Morgan fingerprint density at radius 3 is 3.00 bits per heavy atom. The van der Waals surface area contributed by atoms with Crippen molar-refractivity contribution in [1.29, 1.82) is 0 Å². The first-order chi connectivity index (χ1) is 3.80. The van der Waals surface area contributed by atoms with Gasteiger partial charge in [0, 0.05) is 0 Å². The summed E-state index contributed by atoms with van der Waals surface area (Å²) in [6.07, 6.45) is 1.10. The summed E-state index contributed by atoms with van der Waals surface area (Å²) in [4.78, 5) is 9.00. The largest absolute Gasteiger partial charge is 0.463 e. The number of aromatic nitrogens is 1. The van der Waals surface area contributed by atoms with Crippen molar-refractivity contribution in [2.75, 3.05) is 0 Å². The molecule has 0 fully saturated rings. The van der Waals surface area contributed by atoms with Crippen LogP contribution < -0.4 is 0 Å². The van der Waals surface area contributed by atoms with Crippen molar-refractivity contribution >= 4 is 5.88 Å². The Morgan fingerprint density at radius 2 is 2.75 bits per heavy atom. The van der Waals surface area contributed by atoms with Crippen LogP contribution in [0.3, 0.4) is 0 Å². The average Bonchev–Trinajstić information content (AvgIpc) is 2.12. The summed E-state index contributed by atoms with van der Waals surface area (Å²) >= 11 is 0. The first kappa shape index (κ1) is 4.76. The molecule has 0 bridgehead atoms. The lowest BCUT2D eigenvalue weighted by Crippen LogP contribution is -1.82. The van der Waals surface area contributed by atoms with Gasteiger partial charge >= 0.3 is 5.88 Å². The number of nitrogens with zero attached hydrogens (tertiary/aromatic N) is 2. The molecule has 0 saturated heterocycles. The standard InChI is InChI=1S/C3HN2O3/c6-5(7)3-1-2-4-8-3/h2H. The fraction of sp³-hybridized carbons (Fsp3) is 0. The predicted octanol–water partition coefficient (Wildman–Crippen LogP) is 0.383. The molecule has 0 aliphatic carbocycles. The van der Waals surface area contributed by atoms with Crippen LogP contribution >= 0.6 is 0 Å². The van der Waals surface area contributed by atoms with Crippen molar-refractivity contribution in [2.24, 2.45) is 0 Å². The van der Waals surface area contributed by atoms with Crippen LogP contribution in [0.1, 0.15) is 0 Å². The maximum Gasteiger partial charge on any atom is 0.463 e. The van der Waals surface area contributed by atoms with E-state index >= 15 is 0 Å². The van der Waals surface area contributed by atoms with E-state index in [9.17, 15) is 10.1 Å². The van der Waals surface area contributed by atoms with Crippen LogP contribution in [0.5, 0.6) is 0 Å². The molecule has 0 saturated carbocycles. The zero-order valence-electron chi connectivity index (χ0n) is 3.70. The van der Waals surface area contributed by atoms with Gasteiger partial charge in [-0.05, 0) is 0 Å². The summed E-state index contributed by atoms with van der Waals surface area (Å²) in [6, 6.07) is 2.16. The van der Waals surface area contributed by atoms with Crippen LogP contribution in [-0.4, -0.2) is 10.1 Å². The number of hydrogen-bond donors (Lipinski definition) is 0. The van der Waals surface area contributed by atoms with Crippen molar-refractivity contribution in [1.82, 2.24) is 5.16 Å². The summed E-state index contributed by atoms with van der Waals surface area (Å²) in [5.74, 6) is -0.454. The lowest BCUT2D eigenvalue weighted by Gasteiger charge is -1.74. The first-order valence-electron chi connectivity index (χ1n) is 1.77. The minimum absolute atomic E-state index is 0.454. The highest BCUT2D eigenvalue weighted by atomic mass is 16.7. The molecule has 0 unspecified atom stereocenters. The van der Waals surface area contributed by atoms with E-state index in [4.69, 9.17) is 0 Å². The number of rotatable bonds is 1. The highest BCUT2D eigenvalue weighted by molar-refractivity contribution is 5.04. The summed E-state index contributed by atoms with van der Waals surface area (Å²) in [5, 5.41) is 12.8. The third kappa shape index (κ3) is 0.651. The molecule has 0 N–H and O–H groups in total. The van der Waals surface area contributed by atoms with Gasteiger partial charge in [-0.25, -0.2) is 0 Å². The van der Waals surface area contributed by atoms with Crippen molar-refractivity contribution in [3.8, 4) is 0 Å². The Bertz CT molecular complexity index is 180. The molecule has 0 aromatic carbocycles. The fourth-order valence-electron chi connectivity index (χ4n) is 0.270. The Balaban J connectivity index is 2.93. The van der Waals surface area contributed by atoms with E-state index in [1.807, 2.05) is 0 Å². The second kappa shape index (κ2) is 1.61. The molecule has 1 rings (SSSR count). The molecular weight excluding hydrogens is 112 g/mol. The maximum absolute atomic E-state index is 9.70. The van der Waals surface area contributed by atoms with Gasteiger partial charge in [0.2, 0.25) is 0 Å². The lowest BCUT2D eigenvalue weighted by atomic mass is 10.7. The normalized spacial score (nSPS) is 9.00. The highest BCUT2D eigenvalue weighted by Crippen LogP contribution is 2.04. The van der Waals surface area contributed by atoms with Crippen LogP contribution in [0.4, 0.5) is 5.88 Å². The molecule has 0 spiro atoms. The molecule has 0 aliphatic heterocycles. The Labute approximate surface area is 44.0 Å². The van der Waals surface area contributed by atoms with E-state index < -0.39 is 10.8 Å². The summed E-state index contributed by atoms with van der Waals surface area (Å²) < 4.78 is 4.09. The Hall–Kier alpha value is -1.39. The van der Waals surface area contributed by atoms with Gasteiger partial charge in [0.15, 0.2) is 0 Å². The van der Waals surface area contributed by atoms with E-state index in [1.54, 1.807) is 0 Å². The second-order valence-electron chi connectivity index (χ2n) is 1.03. The molecule has 0 atom stereocenters. The van der Waals surface area contributed by atoms with Gasteiger partial charge in [-0.1, -0.05) is 5.16 Å². The Morgan fingerprint density at radius 1 is 2.00 bits per heavy atom. The topological polar surface area (TPSA) is 69.2 Å². The molecule has 1 aromatic heterocycles. The second-order valence-corrected chi connectivity index (χ2v) is 1.03. The molecule has 41 valence electrons. The third-order valence-electron chi connectivity index (χ3n) is 0.546. The number of hydrogen-bond acceptors (Lipinski definition) is 4. The van der Waals surface area contributed by atoms with E-state index in [-0.39, 0.29) is 0 Å². The van der Waals surface area contributed by atoms with Gasteiger partial charge in [-0.3, -0.25) is 14.6 Å². The molecule has 0 amide bonds. The summed E-state index contributed by atoms with van der Waals surface area (Å²) in [6.45, 7) is 0. The zero-order chi connectivity index (χ0) is 5.98. The average molecular weight is 113 g/mol. The molecular formula is C3HN2O3. The first-order valence-corrected chi connectivity index (χ1v) is 1.77. The van der Waals surface area contributed by atoms with Crippen LogP contribution in [-0.2, 0) is 0 Å². The third-order valence-corrected chi connectivity index (χ3v) is 0.546. The molecule has 1 heterocycles. The highest BCUT2D eigenvalue weighted by Gasteiger charge is 2.07. The predicted molar refractivity (Wildman–Crippen MR) is 22.0 cm³/mol. The Kier molecular flexibility index (Phi) is 0.957. The smallest absolute Gasteiger partial charge is 0.288 e. The van der Waals surface area contributed by atoms with Crippen molar-refractivity contribution in [3.63, 3.8) is 0 Å². The zero-order valence-corrected chi connectivity index (χ0v) is 3.70. The van der Waals surface area contributed by atoms with Crippen LogP contribution in [0.15, 0.2) is 10.7 Å². The molecule has 1 aromatic rings. The summed E-state index contributed by atoms with van der Waals surface area (Å²) in [5.41, 5.74) is 0. The van der Waals surface area contributed by atoms with Gasteiger partial charge in [0.1, 0.15) is 11.0 Å². The molecule has 8 heavy (non-hydrogen) atoms. The van der Waals surface area contributed by atoms with Gasteiger partial charge in [0.25, 0.3) is 0 Å². The SMILES string of the molecule is O=[N+]([O-])c1[c]cno1. The maximum atomic E-state index is 9.70. The van der Waals surface area contributed by atoms with E-state index in [0.29, 0.717) is 0 Å². The number of nitro groups is 1. The molecule has 5 heteroatoms. The summed E-state index contributed by atoms with van der Waals surface area (Å²) in [7, 11) is 0. The van der Waals surface area contributed by atoms with E-state index in [2.05, 4.69) is 15.7 Å². The molecule has 1 radical (unpaired) electrons. The van der Waals surface area contributed by atoms with Crippen molar-refractivity contribution < 1.29 is 9.45 Å². The molecule has 0 aliphatic rings. The van der Waals surface area contributed by atoms with E-state index in [1.165, 1.54) is 0 Å². The molecule has 5 nitrogen and oxygen atoms in total. The van der Waals surface area contributed by atoms with Gasteiger partial charge in [0.05, 0.1) is 6.20 Å². The minimum Gasteiger partial charge on any atom is -0.288 e. The van der Waals surface area contributed by atoms with Crippen molar-refractivity contribution in [2.45, 2.75) is 0 Å². The minimum atomic E-state index is -0.701. The van der Waals surface area contributed by atoms with Crippen LogP contribution in [0.2, 0.25) is 0 Å². The van der Waals surface area contributed by atoms with Gasteiger partial charge < -0.3 is 0 Å². The monoisotopic (exact) mass is 113 g/mol. The van der Waals surface area contributed by atoms with Crippen LogP contribution in [0, 0.1) is 16.2 Å². The van der Waals surface area contributed by atoms with Crippen molar-refractivity contribution in [3.05, 3.63) is 22.4 Å².